The van der Waals surface area contributed by atoms with Crippen LogP contribution in [0.2, 0.25) is 0 Å². The Bertz CT molecular complexity index is 1030. The molecule has 0 aromatic heterocycles. The predicted molar refractivity (Wildman–Crippen MR) is 115 cm³/mol. The van der Waals surface area contributed by atoms with E-state index in [2.05, 4.69) is 0 Å². The van der Waals surface area contributed by atoms with Crippen molar-refractivity contribution in [3.63, 3.8) is 0 Å². The summed E-state index contributed by atoms with van der Waals surface area (Å²) in [6.45, 7) is 5.30. The molecule has 2 aliphatic heterocycles. The van der Waals surface area contributed by atoms with Crippen LogP contribution >= 0.6 is 0 Å². The number of amides is 4. The van der Waals surface area contributed by atoms with Gasteiger partial charge in [-0.05, 0) is 44.0 Å². The average Bonchev–Trinajstić information content (AvgIpc) is 2.93. The first-order valence-corrected chi connectivity index (χ1v) is 10.5. The van der Waals surface area contributed by atoms with E-state index in [1.165, 1.54) is 0 Å². The lowest BCUT2D eigenvalue weighted by Crippen LogP contribution is -2.50. The van der Waals surface area contributed by atoms with Crippen molar-refractivity contribution in [1.29, 1.82) is 0 Å². The van der Waals surface area contributed by atoms with Gasteiger partial charge in [-0.1, -0.05) is 30.3 Å². The van der Waals surface area contributed by atoms with Crippen LogP contribution in [0.1, 0.15) is 50.0 Å². The molecule has 4 amide bonds. The molecular weight excluding hydrogens is 394 g/mol. The predicted octanol–water partition coefficient (Wildman–Crippen LogP) is 2.35. The molecule has 0 radical (unpaired) electrons. The molecule has 2 aromatic carbocycles. The number of benzene rings is 2. The van der Waals surface area contributed by atoms with E-state index in [4.69, 9.17) is 0 Å². The largest absolute Gasteiger partial charge is 0.339 e. The number of imide groups is 1. The van der Waals surface area contributed by atoms with Gasteiger partial charge in [0.1, 0.15) is 6.04 Å². The maximum atomic E-state index is 13.2. The molecule has 2 heterocycles. The fourth-order valence-corrected chi connectivity index (χ4v) is 4.26. The number of carbonyl (C=O) groups excluding carboxylic acids is 4. The van der Waals surface area contributed by atoms with Crippen LogP contribution in [0.3, 0.4) is 0 Å². The fraction of sp³-hybridized carbons (Fsp3) is 0.333. The van der Waals surface area contributed by atoms with E-state index in [9.17, 15) is 19.2 Å². The van der Waals surface area contributed by atoms with Crippen LogP contribution in [0.5, 0.6) is 0 Å². The molecule has 1 atom stereocenters. The molecule has 1 unspecified atom stereocenters. The Labute approximate surface area is 181 Å². The molecule has 7 heteroatoms. The summed E-state index contributed by atoms with van der Waals surface area (Å²) in [4.78, 5) is 56.0. The summed E-state index contributed by atoms with van der Waals surface area (Å²) >= 11 is 0. The van der Waals surface area contributed by atoms with E-state index in [-0.39, 0.29) is 11.8 Å². The van der Waals surface area contributed by atoms with Gasteiger partial charge in [0, 0.05) is 31.7 Å². The number of carbonyl (C=O) groups is 4. The van der Waals surface area contributed by atoms with Crippen molar-refractivity contribution >= 4 is 23.6 Å². The van der Waals surface area contributed by atoms with Crippen LogP contribution in [0, 0.1) is 6.92 Å². The smallest absolute Gasteiger partial charge is 0.262 e. The van der Waals surface area contributed by atoms with E-state index in [1.807, 2.05) is 31.2 Å². The minimum atomic E-state index is -0.897. The van der Waals surface area contributed by atoms with E-state index in [1.54, 1.807) is 41.0 Å². The van der Waals surface area contributed by atoms with Crippen LogP contribution < -0.4 is 0 Å². The summed E-state index contributed by atoms with van der Waals surface area (Å²) in [6, 6.07) is 13.2. The molecular formula is C24H25N3O4. The maximum absolute atomic E-state index is 13.2. The molecule has 0 saturated carbocycles. The first-order chi connectivity index (χ1) is 14.9. The van der Waals surface area contributed by atoms with Gasteiger partial charge in [-0.3, -0.25) is 24.1 Å². The third-order valence-corrected chi connectivity index (χ3v) is 6.04. The van der Waals surface area contributed by atoms with Crippen molar-refractivity contribution in [3.8, 4) is 0 Å². The van der Waals surface area contributed by atoms with Gasteiger partial charge >= 0.3 is 0 Å². The Morgan fingerprint density at radius 3 is 2.00 bits per heavy atom. The van der Waals surface area contributed by atoms with E-state index in [0.29, 0.717) is 49.3 Å². The zero-order valence-electron chi connectivity index (χ0n) is 17.7. The molecule has 160 valence electrons. The highest BCUT2D eigenvalue weighted by molar-refractivity contribution is 6.22. The summed E-state index contributed by atoms with van der Waals surface area (Å²) in [6.07, 6.45) is 0.637. The van der Waals surface area contributed by atoms with Gasteiger partial charge in [0.2, 0.25) is 5.91 Å². The van der Waals surface area contributed by atoms with E-state index >= 15 is 0 Å². The Hall–Kier alpha value is -3.48. The molecule has 0 aliphatic carbocycles. The van der Waals surface area contributed by atoms with Crippen molar-refractivity contribution in [3.05, 3.63) is 70.8 Å². The zero-order chi connectivity index (χ0) is 22.1. The fourth-order valence-electron chi connectivity index (χ4n) is 4.26. The lowest BCUT2D eigenvalue weighted by Gasteiger charge is -2.28. The first kappa shape index (κ1) is 20.8. The van der Waals surface area contributed by atoms with Crippen molar-refractivity contribution in [2.24, 2.45) is 0 Å². The standard InChI is InChI=1S/C24H25N3O4/c1-16-8-3-4-9-18(16)22(29)26-13-7-12-25(14-15-26)21(28)17(2)27-23(30)19-10-5-6-11-20(19)24(27)31/h3-6,8-11,17H,7,12-15H2,1-2H3. The Morgan fingerprint density at radius 1 is 0.806 bits per heavy atom. The molecule has 0 spiro atoms. The number of nitrogens with zero attached hydrogens (tertiary/aromatic N) is 3. The molecule has 4 rings (SSSR count). The van der Waals surface area contributed by atoms with E-state index in [0.717, 1.165) is 10.5 Å². The Balaban J connectivity index is 1.44. The molecule has 2 aliphatic rings. The van der Waals surface area contributed by atoms with Crippen LogP contribution in [0.25, 0.3) is 0 Å². The number of hydrogen-bond donors (Lipinski definition) is 0. The second-order valence-electron chi connectivity index (χ2n) is 7.99. The molecule has 1 fully saturated rings. The number of rotatable bonds is 3. The monoisotopic (exact) mass is 419 g/mol. The Morgan fingerprint density at radius 2 is 1.35 bits per heavy atom. The van der Waals surface area contributed by atoms with Gasteiger partial charge in [0.25, 0.3) is 17.7 Å². The molecule has 31 heavy (non-hydrogen) atoms. The average molecular weight is 419 g/mol. The number of hydrogen-bond acceptors (Lipinski definition) is 4. The normalized spacial score (nSPS) is 17.4. The lowest BCUT2D eigenvalue weighted by molar-refractivity contribution is -0.134. The highest BCUT2D eigenvalue weighted by atomic mass is 16.2. The molecule has 7 nitrogen and oxygen atoms in total. The van der Waals surface area contributed by atoms with Crippen LogP contribution in [-0.2, 0) is 4.79 Å². The van der Waals surface area contributed by atoms with Gasteiger partial charge in [-0.25, -0.2) is 0 Å². The SMILES string of the molecule is Cc1ccccc1C(=O)N1CCCN(C(=O)C(C)N2C(=O)c3ccccc3C2=O)CC1. The highest BCUT2D eigenvalue weighted by Gasteiger charge is 2.42. The molecule has 0 bridgehead atoms. The zero-order valence-corrected chi connectivity index (χ0v) is 17.7. The second-order valence-corrected chi connectivity index (χ2v) is 7.99. The summed E-state index contributed by atoms with van der Waals surface area (Å²) in [5, 5.41) is 0. The van der Waals surface area contributed by atoms with Gasteiger partial charge in [-0.2, -0.15) is 0 Å². The number of fused-ring (bicyclic) bond motifs is 1. The second kappa shape index (κ2) is 8.34. The van der Waals surface area contributed by atoms with E-state index < -0.39 is 17.9 Å². The molecule has 1 saturated heterocycles. The number of aryl methyl sites for hydroxylation is 1. The maximum Gasteiger partial charge on any atom is 0.262 e. The van der Waals surface area contributed by atoms with Gasteiger partial charge < -0.3 is 9.80 Å². The summed E-state index contributed by atoms with van der Waals surface area (Å²) in [5.74, 6) is -1.19. The summed E-state index contributed by atoms with van der Waals surface area (Å²) in [5.41, 5.74) is 2.25. The van der Waals surface area contributed by atoms with Gasteiger partial charge in [0.15, 0.2) is 0 Å². The van der Waals surface area contributed by atoms with Crippen LogP contribution in [0.15, 0.2) is 48.5 Å². The first-order valence-electron chi connectivity index (χ1n) is 10.5. The minimum Gasteiger partial charge on any atom is -0.339 e. The van der Waals surface area contributed by atoms with Crippen molar-refractivity contribution in [1.82, 2.24) is 14.7 Å². The Kier molecular flexibility index (Phi) is 5.59. The third-order valence-electron chi connectivity index (χ3n) is 6.04. The molecule has 2 aromatic rings. The van der Waals surface area contributed by atoms with Crippen molar-refractivity contribution < 1.29 is 19.2 Å². The minimum absolute atomic E-state index is 0.0409. The molecule has 0 N–H and O–H groups in total. The lowest BCUT2D eigenvalue weighted by atomic mass is 10.1. The quantitative estimate of drug-likeness (QED) is 0.716. The van der Waals surface area contributed by atoms with Crippen molar-refractivity contribution in [2.75, 3.05) is 26.2 Å². The van der Waals surface area contributed by atoms with Crippen LogP contribution in [0.4, 0.5) is 0 Å². The summed E-state index contributed by atoms with van der Waals surface area (Å²) < 4.78 is 0. The topological polar surface area (TPSA) is 78.0 Å². The third kappa shape index (κ3) is 3.71. The van der Waals surface area contributed by atoms with Gasteiger partial charge in [0.05, 0.1) is 11.1 Å². The van der Waals surface area contributed by atoms with Crippen molar-refractivity contribution in [2.45, 2.75) is 26.3 Å². The van der Waals surface area contributed by atoms with Gasteiger partial charge in [-0.15, -0.1) is 0 Å². The highest BCUT2D eigenvalue weighted by Crippen LogP contribution is 2.25. The van der Waals surface area contributed by atoms with Crippen LogP contribution in [-0.4, -0.2) is 70.5 Å². The summed E-state index contributed by atoms with van der Waals surface area (Å²) in [7, 11) is 0.